The molecule has 12 heavy (non-hydrogen) atoms. The molecule has 1 atom stereocenters. The molecule has 0 saturated carbocycles. The fraction of sp³-hybridized carbons (Fsp3) is 0.714. The van der Waals surface area contributed by atoms with E-state index < -0.39 is 11.9 Å². The largest absolute Gasteiger partial charge is 0.320 e. The van der Waals surface area contributed by atoms with Gasteiger partial charge in [-0.15, -0.1) is 0 Å². The van der Waals surface area contributed by atoms with E-state index in [0.29, 0.717) is 6.42 Å². The fourth-order valence-electron chi connectivity index (χ4n) is 0.642. The van der Waals surface area contributed by atoms with Crippen molar-refractivity contribution in [3.63, 3.8) is 0 Å². The van der Waals surface area contributed by atoms with Crippen LogP contribution in [0.2, 0.25) is 0 Å². The van der Waals surface area contributed by atoms with Gasteiger partial charge in [-0.1, -0.05) is 0 Å². The smallest absolute Gasteiger partial charge is 0.243 e. The Balaban J connectivity index is 3.69. The van der Waals surface area contributed by atoms with Crippen molar-refractivity contribution in [2.75, 3.05) is 12.0 Å². The maximum absolute atomic E-state index is 11.0. The third-order valence-electron chi connectivity index (χ3n) is 1.27. The van der Waals surface area contributed by atoms with Crippen molar-refractivity contribution in [3.8, 4) is 0 Å². The first-order valence-corrected chi connectivity index (χ1v) is 5.03. The number of carbonyl (C=O) groups excluding carboxylic acids is 2. The zero-order valence-electron chi connectivity index (χ0n) is 7.29. The number of nitrogens with one attached hydrogen (secondary N) is 1. The minimum absolute atomic E-state index is 0.361. The Morgan fingerprint density at radius 3 is 2.58 bits per heavy atom. The van der Waals surface area contributed by atoms with Crippen LogP contribution >= 0.6 is 11.8 Å². The minimum Gasteiger partial charge on any atom is -0.320 e. The van der Waals surface area contributed by atoms with Crippen molar-refractivity contribution in [1.82, 2.24) is 5.32 Å². The number of hydrogen-bond acceptors (Lipinski definition) is 4. The summed E-state index contributed by atoms with van der Waals surface area (Å²) in [7, 11) is 0. The van der Waals surface area contributed by atoms with Crippen LogP contribution in [0, 0.1) is 0 Å². The lowest BCUT2D eigenvalue weighted by Crippen LogP contribution is -2.42. The lowest BCUT2D eigenvalue weighted by atomic mass is 10.2. The number of hydrogen-bond donors (Lipinski definition) is 2. The van der Waals surface area contributed by atoms with Gasteiger partial charge in [-0.2, -0.15) is 11.8 Å². The van der Waals surface area contributed by atoms with Gasteiger partial charge in [-0.25, -0.2) is 0 Å². The maximum Gasteiger partial charge on any atom is 0.243 e. The van der Waals surface area contributed by atoms with E-state index in [2.05, 4.69) is 5.32 Å². The molecule has 0 aromatic rings. The van der Waals surface area contributed by atoms with Crippen molar-refractivity contribution in [2.45, 2.75) is 19.4 Å². The zero-order chi connectivity index (χ0) is 9.56. The Hall–Kier alpha value is -0.550. The molecule has 0 heterocycles. The summed E-state index contributed by atoms with van der Waals surface area (Å²) in [5.74, 6) is 0.0723. The van der Waals surface area contributed by atoms with Gasteiger partial charge < -0.3 is 5.73 Å². The second kappa shape index (κ2) is 6.02. The zero-order valence-corrected chi connectivity index (χ0v) is 8.11. The van der Waals surface area contributed by atoms with Crippen molar-refractivity contribution < 1.29 is 9.59 Å². The van der Waals surface area contributed by atoms with Gasteiger partial charge in [0.2, 0.25) is 11.8 Å². The number of carbonyl (C=O) groups is 2. The highest BCUT2D eigenvalue weighted by Gasteiger charge is 2.13. The van der Waals surface area contributed by atoms with Crippen LogP contribution in [-0.4, -0.2) is 29.9 Å². The van der Waals surface area contributed by atoms with Crippen LogP contribution < -0.4 is 11.1 Å². The average molecular weight is 190 g/mol. The summed E-state index contributed by atoms with van der Waals surface area (Å²) < 4.78 is 0. The highest BCUT2D eigenvalue weighted by Crippen LogP contribution is 1.98. The topological polar surface area (TPSA) is 72.2 Å². The van der Waals surface area contributed by atoms with Crippen molar-refractivity contribution >= 4 is 23.6 Å². The maximum atomic E-state index is 11.0. The molecule has 0 aliphatic rings. The third-order valence-corrected chi connectivity index (χ3v) is 1.91. The quantitative estimate of drug-likeness (QED) is 0.640. The highest BCUT2D eigenvalue weighted by atomic mass is 32.2. The van der Waals surface area contributed by atoms with Gasteiger partial charge in [-0.05, 0) is 18.4 Å². The van der Waals surface area contributed by atoms with E-state index >= 15 is 0 Å². The molecule has 0 bridgehead atoms. The molecule has 0 rings (SSSR count). The molecule has 0 aromatic carbocycles. The summed E-state index contributed by atoms with van der Waals surface area (Å²) in [5.41, 5.74) is 5.47. The summed E-state index contributed by atoms with van der Waals surface area (Å²) in [6.07, 6.45) is 2.54. The van der Waals surface area contributed by atoms with Crippen molar-refractivity contribution in [1.29, 1.82) is 0 Å². The van der Waals surface area contributed by atoms with E-state index in [0.717, 1.165) is 5.75 Å². The second-order valence-electron chi connectivity index (χ2n) is 2.43. The molecule has 0 aliphatic carbocycles. The second-order valence-corrected chi connectivity index (χ2v) is 3.42. The number of rotatable bonds is 4. The Morgan fingerprint density at radius 1 is 1.58 bits per heavy atom. The molecule has 70 valence electrons. The van der Waals surface area contributed by atoms with Crippen molar-refractivity contribution in [2.24, 2.45) is 5.73 Å². The molecule has 0 aliphatic heterocycles. The van der Waals surface area contributed by atoms with Gasteiger partial charge >= 0.3 is 0 Å². The van der Waals surface area contributed by atoms with E-state index in [-0.39, 0.29) is 5.91 Å². The third kappa shape index (κ3) is 5.15. The Labute approximate surface area is 76.3 Å². The summed E-state index contributed by atoms with van der Waals surface area (Å²) in [5, 5.41) is 2.14. The van der Waals surface area contributed by atoms with Crippen LogP contribution in [0.15, 0.2) is 0 Å². The molecule has 0 spiro atoms. The van der Waals surface area contributed by atoms with E-state index in [1.807, 2.05) is 6.26 Å². The van der Waals surface area contributed by atoms with Gasteiger partial charge in [0.25, 0.3) is 0 Å². The average Bonchev–Trinajstić information content (AvgIpc) is 1.98. The number of imide groups is 1. The molecule has 2 amide bonds. The van der Waals surface area contributed by atoms with Gasteiger partial charge in [0.15, 0.2) is 0 Å². The molecule has 0 fully saturated rings. The van der Waals surface area contributed by atoms with Crippen LogP contribution in [0.5, 0.6) is 0 Å². The number of amides is 2. The van der Waals surface area contributed by atoms with Gasteiger partial charge in [-0.3, -0.25) is 14.9 Å². The fourth-order valence-corrected chi connectivity index (χ4v) is 1.13. The van der Waals surface area contributed by atoms with E-state index in [1.165, 1.54) is 6.92 Å². The Kier molecular flexibility index (Phi) is 5.74. The lowest BCUT2D eigenvalue weighted by molar-refractivity contribution is -0.130. The van der Waals surface area contributed by atoms with Crippen LogP contribution in [0.4, 0.5) is 0 Å². The van der Waals surface area contributed by atoms with Crippen LogP contribution in [0.25, 0.3) is 0 Å². The van der Waals surface area contributed by atoms with Crippen LogP contribution in [-0.2, 0) is 9.59 Å². The molecule has 4 nitrogen and oxygen atoms in total. The first-order chi connectivity index (χ1) is 5.57. The SMILES string of the molecule is CSCC[C@@H](N)C(=O)NC(C)=O. The molecule has 0 aromatic heterocycles. The standard InChI is InChI=1S/C7H14N2O2S/c1-5(10)9-7(11)6(8)3-4-12-2/h6H,3-4,8H2,1-2H3,(H,9,10,11)/t6-/m1/s1. The molecular weight excluding hydrogens is 176 g/mol. The summed E-state index contributed by atoms with van der Waals surface area (Å²) >= 11 is 1.62. The lowest BCUT2D eigenvalue weighted by Gasteiger charge is -2.08. The first-order valence-electron chi connectivity index (χ1n) is 3.64. The monoisotopic (exact) mass is 190 g/mol. The van der Waals surface area contributed by atoms with Crippen molar-refractivity contribution in [3.05, 3.63) is 0 Å². The molecule has 0 saturated heterocycles. The summed E-state index contributed by atoms with van der Waals surface area (Å²) in [4.78, 5) is 21.4. The molecule has 0 radical (unpaired) electrons. The summed E-state index contributed by atoms with van der Waals surface area (Å²) in [6.45, 7) is 1.29. The molecule has 3 N–H and O–H groups in total. The first kappa shape index (κ1) is 11.4. The Morgan fingerprint density at radius 2 is 2.17 bits per heavy atom. The van der Waals surface area contributed by atoms with Gasteiger partial charge in [0.1, 0.15) is 0 Å². The molecule has 0 unspecified atom stereocenters. The van der Waals surface area contributed by atoms with Crippen LogP contribution in [0.1, 0.15) is 13.3 Å². The van der Waals surface area contributed by atoms with Gasteiger partial charge in [0.05, 0.1) is 6.04 Å². The number of thioether (sulfide) groups is 1. The van der Waals surface area contributed by atoms with E-state index in [9.17, 15) is 9.59 Å². The van der Waals surface area contributed by atoms with Gasteiger partial charge in [0, 0.05) is 6.92 Å². The predicted molar refractivity (Wildman–Crippen MR) is 49.8 cm³/mol. The predicted octanol–water partition coefficient (Wildman–Crippen LogP) is -0.271. The van der Waals surface area contributed by atoms with Crippen LogP contribution in [0.3, 0.4) is 0 Å². The normalized spacial score (nSPS) is 12.2. The highest BCUT2D eigenvalue weighted by molar-refractivity contribution is 7.98. The minimum atomic E-state index is -0.568. The molecule has 5 heteroatoms. The summed E-state index contributed by atoms with van der Waals surface area (Å²) in [6, 6.07) is -0.568. The Bertz CT molecular complexity index is 173. The number of nitrogens with two attached hydrogens (primary N) is 1. The van der Waals surface area contributed by atoms with E-state index in [4.69, 9.17) is 5.73 Å². The molecular formula is C7H14N2O2S. The van der Waals surface area contributed by atoms with E-state index in [1.54, 1.807) is 11.8 Å².